The minimum absolute atomic E-state index is 0.0381. The summed E-state index contributed by atoms with van der Waals surface area (Å²) in [4.78, 5) is 32.7. The smallest absolute Gasteiger partial charge is 0.266 e. The zero-order valence-corrected chi connectivity index (χ0v) is 14.7. The number of amides is 1. The van der Waals surface area contributed by atoms with Crippen molar-refractivity contribution in [2.75, 3.05) is 0 Å². The van der Waals surface area contributed by atoms with Gasteiger partial charge in [0.15, 0.2) is 5.78 Å². The number of rotatable bonds is 1. The van der Waals surface area contributed by atoms with Crippen LogP contribution >= 0.6 is 11.3 Å². The average Bonchev–Trinajstić information content (AvgIpc) is 3.27. The molecule has 0 saturated carbocycles. The van der Waals surface area contributed by atoms with E-state index in [0.717, 1.165) is 25.0 Å². The van der Waals surface area contributed by atoms with Crippen molar-refractivity contribution in [3.8, 4) is 5.75 Å². The van der Waals surface area contributed by atoms with Crippen molar-refractivity contribution < 1.29 is 14.3 Å². The van der Waals surface area contributed by atoms with Gasteiger partial charge in [-0.05, 0) is 31.9 Å². The molecule has 2 bridgehead atoms. The Morgan fingerprint density at radius 1 is 1.36 bits per heavy atom. The second kappa shape index (κ2) is 5.14. The van der Waals surface area contributed by atoms with E-state index in [1.807, 2.05) is 36.1 Å². The lowest BCUT2D eigenvalue weighted by Gasteiger charge is -2.40. The number of hydrogen-bond acceptors (Lipinski definition) is 5. The monoisotopic (exact) mass is 354 g/mol. The minimum atomic E-state index is -0.567. The quantitative estimate of drug-likeness (QED) is 0.789. The Morgan fingerprint density at radius 2 is 2.20 bits per heavy atom. The van der Waals surface area contributed by atoms with Crippen molar-refractivity contribution >= 4 is 23.0 Å². The fourth-order valence-corrected chi connectivity index (χ4v) is 5.52. The molecule has 3 aliphatic rings. The third-order valence-corrected chi connectivity index (χ3v) is 6.74. The normalized spacial score (nSPS) is 29.8. The van der Waals surface area contributed by atoms with Gasteiger partial charge < -0.3 is 9.64 Å². The lowest BCUT2D eigenvalue weighted by molar-refractivity contribution is 0.0113. The van der Waals surface area contributed by atoms with Crippen LogP contribution in [0.1, 0.15) is 51.4 Å². The first-order valence-electron chi connectivity index (χ1n) is 8.63. The number of thiazole rings is 1. The van der Waals surface area contributed by atoms with Crippen LogP contribution in [-0.2, 0) is 0 Å². The molecule has 1 spiro atoms. The van der Waals surface area contributed by atoms with Gasteiger partial charge in [0, 0.05) is 12.5 Å². The van der Waals surface area contributed by atoms with Gasteiger partial charge in [-0.3, -0.25) is 9.59 Å². The summed E-state index contributed by atoms with van der Waals surface area (Å²) in [6, 6.07) is 7.55. The second-order valence-corrected chi connectivity index (χ2v) is 8.05. The largest absolute Gasteiger partial charge is 0.484 e. The lowest BCUT2D eigenvalue weighted by atomic mass is 9.78. The molecule has 5 nitrogen and oxygen atoms in total. The highest BCUT2D eigenvalue weighted by Gasteiger charge is 2.61. The highest BCUT2D eigenvalue weighted by atomic mass is 32.1. The number of aromatic nitrogens is 1. The Bertz CT molecular complexity index is 892. The number of ether oxygens (including phenoxy) is 1. The maximum Gasteiger partial charge on any atom is 0.266 e. The zero-order chi connectivity index (χ0) is 17.2. The van der Waals surface area contributed by atoms with Crippen LogP contribution in [0.2, 0.25) is 0 Å². The van der Waals surface area contributed by atoms with Crippen LogP contribution in [0.4, 0.5) is 0 Å². The molecule has 3 atom stereocenters. The molecule has 2 fully saturated rings. The first kappa shape index (κ1) is 15.1. The molecule has 1 amide bonds. The Labute approximate surface area is 149 Å². The van der Waals surface area contributed by atoms with E-state index in [0.29, 0.717) is 22.6 Å². The Kier molecular flexibility index (Phi) is 3.10. The fraction of sp³-hybridized carbons (Fsp3) is 0.421. The van der Waals surface area contributed by atoms with Crippen LogP contribution in [0, 0.1) is 6.92 Å². The van der Waals surface area contributed by atoms with Crippen molar-refractivity contribution in [2.45, 2.75) is 50.3 Å². The number of aryl methyl sites for hydroxylation is 1. The number of fused-ring (bicyclic) bond motifs is 4. The molecule has 1 aromatic carbocycles. The van der Waals surface area contributed by atoms with Crippen LogP contribution in [-0.4, -0.2) is 39.3 Å². The first-order chi connectivity index (χ1) is 12.1. The molecule has 5 rings (SSSR count). The summed E-state index contributed by atoms with van der Waals surface area (Å²) in [6.07, 6.45) is 2.97. The van der Waals surface area contributed by atoms with E-state index < -0.39 is 5.60 Å². The molecule has 2 saturated heterocycles. The van der Waals surface area contributed by atoms with E-state index in [1.54, 1.807) is 5.51 Å². The van der Waals surface area contributed by atoms with E-state index in [2.05, 4.69) is 4.98 Å². The molecule has 1 aromatic heterocycles. The number of Topliss-reactive ketones (excluding diaryl/α,β-unsaturated/α-hetero) is 1. The second-order valence-electron chi connectivity index (χ2n) is 7.19. The first-order valence-corrected chi connectivity index (χ1v) is 9.51. The molecule has 0 aliphatic carbocycles. The van der Waals surface area contributed by atoms with Gasteiger partial charge in [-0.2, -0.15) is 0 Å². The summed E-state index contributed by atoms with van der Waals surface area (Å²) in [5.74, 6) is 0.822. The molecule has 3 aliphatic heterocycles. The van der Waals surface area contributed by atoms with Gasteiger partial charge in [-0.1, -0.05) is 12.1 Å². The van der Waals surface area contributed by atoms with Gasteiger partial charge >= 0.3 is 0 Å². The third kappa shape index (κ3) is 2.03. The van der Waals surface area contributed by atoms with E-state index in [-0.39, 0.29) is 23.8 Å². The SMILES string of the molecule is Cc1ncsc1C(=O)N1C2CCC1C1(CC(=O)c3ccccc3O1)C2. The van der Waals surface area contributed by atoms with Gasteiger partial charge in [0.2, 0.25) is 0 Å². The molecule has 128 valence electrons. The highest BCUT2D eigenvalue weighted by Crippen LogP contribution is 2.51. The number of nitrogens with zero attached hydrogens (tertiary/aromatic N) is 2. The molecule has 4 heterocycles. The van der Waals surface area contributed by atoms with Gasteiger partial charge in [0.1, 0.15) is 16.2 Å². The molecule has 6 heteroatoms. The summed E-state index contributed by atoms with van der Waals surface area (Å²) in [6.45, 7) is 1.87. The topological polar surface area (TPSA) is 59.5 Å². The molecular weight excluding hydrogens is 336 g/mol. The average molecular weight is 354 g/mol. The van der Waals surface area contributed by atoms with E-state index in [9.17, 15) is 9.59 Å². The number of ketones is 1. The van der Waals surface area contributed by atoms with Crippen LogP contribution in [0.25, 0.3) is 0 Å². The number of benzene rings is 1. The molecule has 2 aromatic rings. The van der Waals surface area contributed by atoms with Gasteiger partial charge in [-0.25, -0.2) is 4.98 Å². The Hall–Kier alpha value is -2.21. The molecule has 3 unspecified atom stereocenters. The van der Waals surface area contributed by atoms with Crippen molar-refractivity contribution in [1.82, 2.24) is 9.88 Å². The van der Waals surface area contributed by atoms with Gasteiger partial charge in [-0.15, -0.1) is 11.3 Å². The minimum Gasteiger partial charge on any atom is -0.484 e. The lowest BCUT2D eigenvalue weighted by Crippen LogP contribution is -2.52. The van der Waals surface area contributed by atoms with Crippen molar-refractivity contribution in [3.05, 3.63) is 45.9 Å². The molecule has 25 heavy (non-hydrogen) atoms. The highest BCUT2D eigenvalue weighted by molar-refractivity contribution is 7.11. The predicted molar refractivity (Wildman–Crippen MR) is 93.2 cm³/mol. The number of carbonyl (C=O) groups excluding carboxylic acids is 2. The zero-order valence-electron chi connectivity index (χ0n) is 13.9. The summed E-state index contributed by atoms with van der Waals surface area (Å²) in [5, 5.41) is 0. The molecule has 0 N–H and O–H groups in total. The van der Waals surface area contributed by atoms with Crippen molar-refractivity contribution in [3.63, 3.8) is 0 Å². The summed E-state index contributed by atoms with van der Waals surface area (Å²) in [7, 11) is 0. The number of carbonyl (C=O) groups is 2. The summed E-state index contributed by atoms with van der Waals surface area (Å²) >= 11 is 1.39. The predicted octanol–water partition coefficient (Wildman–Crippen LogP) is 3.23. The van der Waals surface area contributed by atoms with Crippen LogP contribution in [0.15, 0.2) is 29.8 Å². The maximum atomic E-state index is 13.1. The molecular formula is C19H18N2O3S. The van der Waals surface area contributed by atoms with E-state index >= 15 is 0 Å². The van der Waals surface area contributed by atoms with Crippen LogP contribution in [0.3, 0.4) is 0 Å². The standard InChI is InChI=1S/C19H18N2O3S/c1-11-17(25-10-20-11)18(23)21-12-6-7-16(21)19(8-12)9-14(22)13-4-2-3-5-15(13)24-19/h2-5,10,12,16H,6-9H2,1H3. The molecule has 0 radical (unpaired) electrons. The number of hydrogen-bond donors (Lipinski definition) is 0. The van der Waals surface area contributed by atoms with Gasteiger partial charge in [0.25, 0.3) is 5.91 Å². The number of para-hydroxylation sites is 1. The van der Waals surface area contributed by atoms with Crippen LogP contribution < -0.4 is 4.74 Å². The van der Waals surface area contributed by atoms with Crippen molar-refractivity contribution in [1.29, 1.82) is 0 Å². The third-order valence-electron chi connectivity index (χ3n) is 5.83. The van der Waals surface area contributed by atoms with E-state index in [4.69, 9.17) is 4.74 Å². The summed E-state index contributed by atoms with van der Waals surface area (Å²) < 4.78 is 6.39. The van der Waals surface area contributed by atoms with Gasteiger partial charge in [0.05, 0.1) is 29.2 Å². The van der Waals surface area contributed by atoms with Crippen LogP contribution in [0.5, 0.6) is 5.75 Å². The maximum absolute atomic E-state index is 13.1. The Morgan fingerprint density at radius 3 is 3.00 bits per heavy atom. The Balaban J connectivity index is 1.51. The van der Waals surface area contributed by atoms with E-state index in [1.165, 1.54) is 11.3 Å². The van der Waals surface area contributed by atoms with Crippen molar-refractivity contribution in [2.24, 2.45) is 0 Å². The fourth-order valence-electron chi connectivity index (χ4n) is 4.77. The summed E-state index contributed by atoms with van der Waals surface area (Å²) in [5.41, 5.74) is 2.59.